The number of carbonyl (C=O) groups excluding carboxylic acids is 2. The normalized spacial score (nSPS) is 12.6. The zero-order chi connectivity index (χ0) is 57.1. The van der Waals surface area contributed by atoms with Crippen LogP contribution in [0.5, 0.6) is 0 Å². The Hall–Kier alpha value is -1.66. The van der Waals surface area contributed by atoms with Crippen LogP contribution in [0, 0.1) is 0 Å². The van der Waals surface area contributed by atoms with Crippen molar-refractivity contribution >= 4 is 11.9 Å². The number of nitrogens with one attached hydrogen (secondary N) is 1. The minimum absolute atomic E-state index is 0.0247. The second-order valence-corrected chi connectivity index (χ2v) is 24.9. The minimum atomic E-state index is -0.839. The van der Waals surface area contributed by atoms with Crippen LogP contribution in [-0.2, 0) is 14.3 Å². The molecule has 6 heteroatoms. The first-order valence-electron chi connectivity index (χ1n) is 36.1. The molecule has 0 heterocycles. The van der Waals surface area contributed by atoms with Crippen molar-refractivity contribution in [3.05, 3.63) is 24.3 Å². The highest BCUT2D eigenvalue weighted by Crippen LogP contribution is 2.19. The molecule has 0 aliphatic rings. The summed E-state index contributed by atoms with van der Waals surface area (Å²) in [4.78, 5) is 24.5. The van der Waals surface area contributed by atoms with Crippen LogP contribution in [0.1, 0.15) is 406 Å². The van der Waals surface area contributed by atoms with Crippen molar-refractivity contribution in [3.8, 4) is 0 Å². The van der Waals surface area contributed by atoms with E-state index in [2.05, 4.69) is 31.3 Å². The van der Waals surface area contributed by atoms with Gasteiger partial charge in [-0.15, -0.1) is 0 Å². The van der Waals surface area contributed by atoms with Gasteiger partial charge < -0.3 is 20.3 Å². The fourth-order valence-corrected chi connectivity index (χ4v) is 11.5. The molecule has 0 rings (SSSR count). The van der Waals surface area contributed by atoms with Crippen molar-refractivity contribution in [1.29, 1.82) is 0 Å². The highest BCUT2D eigenvalue weighted by atomic mass is 16.5. The minimum Gasteiger partial charge on any atom is -0.466 e. The number of aliphatic hydroxyl groups is 2. The highest BCUT2D eigenvalue weighted by Gasteiger charge is 2.18. The monoisotopic (exact) mass is 1110 g/mol. The van der Waals surface area contributed by atoms with Gasteiger partial charge in [-0.05, 0) is 57.8 Å². The Bertz CT molecular complexity index is 1230. The van der Waals surface area contributed by atoms with Crippen LogP contribution in [0.25, 0.3) is 0 Å². The SMILES string of the molecule is CCCCCCCCCC/C=C/C(O)C(CO)NC(=O)CCCCCCCCCCCCCCCCCCC/C=C\CCCCCCCCCCCCCCCCCCOC(=O)CCCCCCCCCCCCCCCCC. The van der Waals surface area contributed by atoms with E-state index in [9.17, 15) is 19.8 Å². The number of ether oxygens (including phenoxy) is 1. The van der Waals surface area contributed by atoms with E-state index in [4.69, 9.17) is 4.74 Å². The zero-order valence-electron chi connectivity index (χ0n) is 53.6. The molecule has 468 valence electrons. The van der Waals surface area contributed by atoms with Gasteiger partial charge in [-0.3, -0.25) is 9.59 Å². The zero-order valence-corrected chi connectivity index (χ0v) is 53.6. The van der Waals surface area contributed by atoms with Crippen molar-refractivity contribution in [1.82, 2.24) is 5.32 Å². The molecule has 0 aliphatic carbocycles. The molecule has 0 spiro atoms. The maximum absolute atomic E-state index is 12.4. The average Bonchev–Trinajstić information content (AvgIpc) is 3.45. The summed E-state index contributed by atoms with van der Waals surface area (Å²) in [5, 5.41) is 23.0. The molecule has 0 saturated heterocycles. The third kappa shape index (κ3) is 65.4. The Morgan fingerprint density at radius 1 is 0.342 bits per heavy atom. The van der Waals surface area contributed by atoms with E-state index < -0.39 is 12.1 Å². The van der Waals surface area contributed by atoms with Gasteiger partial charge in [-0.2, -0.15) is 0 Å². The number of amides is 1. The van der Waals surface area contributed by atoms with Crippen LogP contribution in [0.15, 0.2) is 24.3 Å². The van der Waals surface area contributed by atoms with E-state index in [1.807, 2.05) is 6.08 Å². The van der Waals surface area contributed by atoms with Crippen molar-refractivity contribution in [2.24, 2.45) is 0 Å². The third-order valence-corrected chi connectivity index (χ3v) is 17.0. The summed E-state index contributed by atoms with van der Waals surface area (Å²) >= 11 is 0. The van der Waals surface area contributed by atoms with Crippen molar-refractivity contribution < 1.29 is 24.5 Å². The molecular weight excluding hydrogens is 971 g/mol. The summed E-state index contributed by atoms with van der Waals surface area (Å²) < 4.78 is 5.50. The Balaban J connectivity index is 3.30. The first-order chi connectivity index (χ1) is 39.0. The van der Waals surface area contributed by atoms with Crippen molar-refractivity contribution in [2.45, 2.75) is 418 Å². The fraction of sp³-hybridized carbons (Fsp3) is 0.918. The number of carbonyl (C=O) groups is 2. The molecule has 0 aliphatic heterocycles. The molecule has 0 saturated carbocycles. The average molecular weight is 1110 g/mol. The molecule has 1 amide bonds. The fourth-order valence-electron chi connectivity index (χ4n) is 11.5. The first-order valence-corrected chi connectivity index (χ1v) is 36.1. The molecule has 3 N–H and O–H groups in total. The van der Waals surface area contributed by atoms with Crippen molar-refractivity contribution in [3.63, 3.8) is 0 Å². The van der Waals surface area contributed by atoms with Gasteiger partial charge >= 0.3 is 5.97 Å². The number of rotatable bonds is 68. The van der Waals surface area contributed by atoms with Crippen LogP contribution in [0.2, 0.25) is 0 Å². The van der Waals surface area contributed by atoms with Crippen LogP contribution in [0.3, 0.4) is 0 Å². The van der Waals surface area contributed by atoms with Gasteiger partial charge in [-0.1, -0.05) is 359 Å². The molecular formula is C73H141NO5. The number of esters is 1. The Morgan fingerprint density at radius 2 is 0.595 bits per heavy atom. The topological polar surface area (TPSA) is 95.9 Å². The number of unbranched alkanes of at least 4 members (excludes halogenated alkanes) is 55. The quantitative estimate of drug-likeness (QED) is 0.0320. The molecule has 79 heavy (non-hydrogen) atoms. The van der Waals surface area contributed by atoms with Gasteiger partial charge in [0.15, 0.2) is 0 Å². The van der Waals surface area contributed by atoms with E-state index in [0.717, 1.165) is 38.5 Å². The maximum atomic E-state index is 12.4. The van der Waals surface area contributed by atoms with Crippen molar-refractivity contribution in [2.75, 3.05) is 13.2 Å². The predicted molar refractivity (Wildman–Crippen MR) is 347 cm³/mol. The lowest BCUT2D eigenvalue weighted by atomic mass is 10.0. The number of aliphatic hydroxyl groups excluding tert-OH is 2. The molecule has 0 radical (unpaired) electrons. The van der Waals surface area contributed by atoms with Crippen LogP contribution < -0.4 is 5.32 Å². The van der Waals surface area contributed by atoms with Gasteiger partial charge in [0.1, 0.15) is 0 Å². The lowest BCUT2D eigenvalue weighted by Crippen LogP contribution is -2.45. The molecule has 0 fully saturated rings. The first kappa shape index (κ1) is 77.3. The molecule has 2 unspecified atom stereocenters. The number of hydrogen-bond acceptors (Lipinski definition) is 5. The van der Waals surface area contributed by atoms with E-state index in [1.54, 1.807) is 6.08 Å². The summed E-state index contributed by atoms with van der Waals surface area (Å²) in [7, 11) is 0. The molecule has 0 aromatic rings. The summed E-state index contributed by atoms with van der Waals surface area (Å²) in [5.74, 6) is -0.0395. The van der Waals surface area contributed by atoms with E-state index in [0.29, 0.717) is 19.4 Å². The number of hydrogen-bond donors (Lipinski definition) is 3. The van der Waals surface area contributed by atoms with E-state index >= 15 is 0 Å². The standard InChI is InChI=1S/C73H141NO5/c1-3-5-7-9-11-13-15-16-40-44-47-51-55-59-63-67-73(78)79-68-64-60-56-52-48-45-42-39-37-35-33-31-29-27-25-23-21-19-17-18-20-22-24-26-28-30-32-34-36-38-41-43-46-50-54-58-62-66-72(77)74-70(69-75)71(76)65-61-57-53-49-14-12-10-8-6-4-2/h17,19,61,65,70-71,75-76H,3-16,18,20-60,62-64,66-69H2,1-2H3,(H,74,77)/b19-17-,65-61+. The van der Waals surface area contributed by atoms with Crippen LogP contribution >= 0.6 is 0 Å². The van der Waals surface area contributed by atoms with Gasteiger partial charge in [0, 0.05) is 12.8 Å². The summed E-state index contributed by atoms with van der Waals surface area (Å²) in [5.41, 5.74) is 0. The molecule has 0 bridgehead atoms. The van der Waals surface area contributed by atoms with Gasteiger partial charge in [0.05, 0.1) is 25.4 Å². The third-order valence-electron chi connectivity index (χ3n) is 17.0. The lowest BCUT2D eigenvalue weighted by Gasteiger charge is -2.20. The van der Waals surface area contributed by atoms with E-state index in [1.165, 1.54) is 340 Å². The molecule has 0 aromatic carbocycles. The maximum Gasteiger partial charge on any atom is 0.305 e. The Morgan fingerprint density at radius 3 is 0.899 bits per heavy atom. The van der Waals surface area contributed by atoms with Crippen LogP contribution in [-0.4, -0.2) is 47.4 Å². The molecule has 0 aromatic heterocycles. The predicted octanol–water partition coefficient (Wildman–Crippen LogP) is 23.3. The lowest BCUT2D eigenvalue weighted by molar-refractivity contribution is -0.143. The second kappa shape index (κ2) is 68.8. The van der Waals surface area contributed by atoms with Crippen LogP contribution in [0.4, 0.5) is 0 Å². The van der Waals surface area contributed by atoms with E-state index in [-0.39, 0.29) is 18.5 Å². The Labute approximate surface area is 494 Å². The Kier molecular flexibility index (Phi) is 67.4. The molecule has 6 nitrogen and oxygen atoms in total. The smallest absolute Gasteiger partial charge is 0.305 e. The van der Waals surface area contributed by atoms with Gasteiger partial charge in [-0.25, -0.2) is 0 Å². The summed E-state index contributed by atoms with van der Waals surface area (Å²) in [6, 6.07) is -0.622. The van der Waals surface area contributed by atoms with Gasteiger partial charge in [0.2, 0.25) is 5.91 Å². The number of allylic oxidation sites excluding steroid dienone is 3. The highest BCUT2D eigenvalue weighted by molar-refractivity contribution is 5.76. The second-order valence-electron chi connectivity index (χ2n) is 24.9. The summed E-state index contributed by atoms with van der Waals surface area (Å²) in [6.07, 6.45) is 87.2. The largest absolute Gasteiger partial charge is 0.466 e. The molecule has 2 atom stereocenters. The van der Waals surface area contributed by atoms with Gasteiger partial charge in [0.25, 0.3) is 0 Å². The summed E-state index contributed by atoms with van der Waals surface area (Å²) in [6.45, 7) is 4.92.